The van der Waals surface area contributed by atoms with Gasteiger partial charge in [0.2, 0.25) is 0 Å². The summed E-state index contributed by atoms with van der Waals surface area (Å²) in [4.78, 5) is 37.4. The Bertz CT molecular complexity index is 717. The number of cyclic esters (lactones) is 2. The van der Waals surface area contributed by atoms with E-state index in [9.17, 15) is 19.5 Å². The van der Waals surface area contributed by atoms with Gasteiger partial charge in [-0.1, -0.05) is 18.2 Å². The normalized spacial score (nSPS) is 22.8. The molecule has 2 N–H and O–H groups in total. The van der Waals surface area contributed by atoms with Crippen LogP contribution >= 0.6 is 0 Å². The van der Waals surface area contributed by atoms with Gasteiger partial charge < -0.3 is 14.8 Å². The minimum Gasteiger partial charge on any atom is -0.481 e. The third-order valence-electron chi connectivity index (χ3n) is 3.54. The smallest absolute Gasteiger partial charge is 0.328 e. The molecule has 6 heteroatoms. The highest BCUT2D eigenvalue weighted by Crippen LogP contribution is 2.37. The van der Waals surface area contributed by atoms with Crippen LogP contribution < -0.4 is 0 Å². The number of carbonyl (C=O) groups is 3. The molecule has 2 atom stereocenters. The summed E-state index contributed by atoms with van der Waals surface area (Å²) in [7, 11) is 0. The van der Waals surface area contributed by atoms with Crippen molar-refractivity contribution >= 4 is 28.8 Å². The van der Waals surface area contributed by atoms with Crippen LogP contribution in [0.5, 0.6) is 0 Å². The third-order valence-corrected chi connectivity index (χ3v) is 3.54. The number of hydrogen-bond donors (Lipinski definition) is 2. The standard InChI is InChI=1S/C14H11NO5/c16-11-5-8(12(13(17)18)14(19)20-11)9-6-15-10-4-2-1-3-7(9)10/h1-4,6,8,12,15H,5H2,(H,17,18). The van der Waals surface area contributed by atoms with Crippen molar-refractivity contribution in [2.24, 2.45) is 5.92 Å². The van der Waals surface area contributed by atoms with Gasteiger partial charge in [-0.15, -0.1) is 0 Å². The van der Waals surface area contributed by atoms with Crippen molar-refractivity contribution < 1.29 is 24.2 Å². The molecule has 2 heterocycles. The molecular weight excluding hydrogens is 262 g/mol. The number of rotatable bonds is 2. The molecule has 20 heavy (non-hydrogen) atoms. The molecule has 2 aromatic rings. The number of para-hydroxylation sites is 1. The Hall–Kier alpha value is -2.63. The predicted molar refractivity (Wildman–Crippen MR) is 67.9 cm³/mol. The average molecular weight is 273 g/mol. The molecule has 2 unspecified atom stereocenters. The lowest BCUT2D eigenvalue weighted by molar-refractivity contribution is -0.173. The summed E-state index contributed by atoms with van der Waals surface area (Å²) >= 11 is 0. The van der Waals surface area contributed by atoms with Crippen LogP contribution in [0, 0.1) is 5.92 Å². The Morgan fingerprint density at radius 3 is 2.80 bits per heavy atom. The maximum absolute atomic E-state index is 11.7. The van der Waals surface area contributed by atoms with Crippen molar-refractivity contribution in [1.29, 1.82) is 0 Å². The molecule has 3 rings (SSSR count). The van der Waals surface area contributed by atoms with Gasteiger partial charge in [0.05, 0.1) is 6.42 Å². The van der Waals surface area contributed by atoms with Gasteiger partial charge in [-0.25, -0.2) is 0 Å². The molecule has 6 nitrogen and oxygen atoms in total. The molecule has 1 aromatic carbocycles. The van der Waals surface area contributed by atoms with Crippen LogP contribution in [0.15, 0.2) is 30.5 Å². The van der Waals surface area contributed by atoms with Crippen LogP contribution in [0.25, 0.3) is 10.9 Å². The summed E-state index contributed by atoms with van der Waals surface area (Å²) in [6, 6.07) is 7.33. The molecule has 0 aliphatic carbocycles. The molecule has 0 spiro atoms. The predicted octanol–water partition coefficient (Wildman–Crippen LogP) is 1.43. The maximum atomic E-state index is 11.7. The fourth-order valence-electron chi connectivity index (χ4n) is 2.64. The quantitative estimate of drug-likeness (QED) is 0.637. The number of carboxylic acid groups (broad SMARTS) is 1. The van der Waals surface area contributed by atoms with E-state index < -0.39 is 29.7 Å². The number of aliphatic carboxylic acids is 1. The highest BCUT2D eigenvalue weighted by Gasteiger charge is 2.44. The van der Waals surface area contributed by atoms with E-state index in [1.165, 1.54) is 0 Å². The lowest BCUT2D eigenvalue weighted by atomic mass is 9.82. The minimum absolute atomic E-state index is 0.120. The highest BCUT2D eigenvalue weighted by atomic mass is 16.6. The third kappa shape index (κ3) is 1.85. The van der Waals surface area contributed by atoms with E-state index in [0.29, 0.717) is 5.56 Å². The Kier molecular flexibility index (Phi) is 2.78. The van der Waals surface area contributed by atoms with Gasteiger partial charge in [-0.2, -0.15) is 0 Å². The molecule has 0 bridgehead atoms. The van der Waals surface area contributed by atoms with Crippen molar-refractivity contribution in [1.82, 2.24) is 4.98 Å². The number of nitrogens with one attached hydrogen (secondary N) is 1. The Labute approximate surface area is 113 Å². The highest BCUT2D eigenvalue weighted by molar-refractivity contribution is 6.03. The summed E-state index contributed by atoms with van der Waals surface area (Å²) in [5.41, 5.74) is 1.48. The van der Waals surface area contributed by atoms with Gasteiger partial charge >= 0.3 is 17.9 Å². The van der Waals surface area contributed by atoms with Crippen LogP contribution in [0.4, 0.5) is 0 Å². The largest absolute Gasteiger partial charge is 0.481 e. The number of carbonyl (C=O) groups excluding carboxylic acids is 2. The van der Waals surface area contributed by atoms with E-state index in [4.69, 9.17) is 0 Å². The average Bonchev–Trinajstić information content (AvgIpc) is 2.80. The Morgan fingerprint density at radius 2 is 2.05 bits per heavy atom. The van der Waals surface area contributed by atoms with Crippen molar-refractivity contribution in [3.05, 3.63) is 36.0 Å². The first-order chi connectivity index (χ1) is 9.58. The van der Waals surface area contributed by atoms with Crippen LogP contribution in [0.3, 0.4) is 0 Å². The first-order valence-electron chi connectivity index (χ1n) is 6.11. The molecular formula is C14H11NO5. The number of ether oxygens (including phenoxy) is 1. The second-order valence-electron chi connectivity index (χ2n) is 4.71. The van der Waals surface area contributed by atoms with Crippen LogP contribution in [0.2, 0.25) is 0 Å². The molecule has 1 aliphatic heterocycles. The zero-order valence-corrected chi connectivity index (χ0v) is 10.3. The van der Waals surface area contributed by atoms with Crippen LogP contribution in [-0.4, -0.2) is 28.0 Å². The lowest BCUT2D eigenvalue weighted by Gasteiger charge is -2.25. The summed E-state index contributed by atoms with van der Waals surface area (Å²) in [6.45, 7) is 0. The van der Waals surface area contributed by atoms with Gasteiger partial charge in [0.15, 0.2) is 5.92 Å². The fourth-order valence-corrected chi connectivity index (χ4v) is 2.64. The van der Waals surface area contributed by atoms with Crippen LogP contribution in [-0.2, 0) is 19.1 Å². The monoisotopic (exact) mass is 273 g/mol. The molecule has 102 valence electrons. The minimum atomic E-state index is -1.35. The number of carboxylic acids is 1. The zero-order chi connectivity index (χ0) is 14.3. The second kappa shape index (κ2) is 4.48. The molecule has 1 fully saturated rings. The number of benzene rings is 1. The van der Waals surface area contributed by atoms with E-state index in [1.54, 1.807) is 6.20 Å². The summed E-state index contributed by atoms with van der Waals surface area (Å²) in [6.07, 6.45) is 1.53. The lowest BCUT2D eigenvalue weighted by Crippen LogP contribution is -2.38. The maximum Gasteiger partial charge on any atom is 0.328 e. The molecule has 0 saturated carbocycles. The van der Waals surface area contributed by atoms with E-state index >= 15 is 0 Å². The number of aromatic nitrogens is 1. The van der Waals surface area contributed by atoms with Gasteiger partial charge in [0.25, 0.3) is 0 Å². The van der Waals surface area contributed by atoms with Gasteiger partial charge in [-0.05, 0) is 11.6 Å². The summed E-state index contributed by atoms with van der Waals surface area (Å²) < 4.78 is 4.43. The number of aromatic amines is 1. The Morgan fingerprint density at radius 1 is 1.30 bits per heavy atom. The van der Waals surface area contributed by atoms with Crippen LogP contribution in [0.1, 0.15) is 17.9 Å². The first-order valence-corrected chi connectivity index (χ1v) is 6.11. The van der Waals surface area contributed by atoms with Crippen molar-refractivity contribution in [3.8, 4) is 0 Å². The summed E-state index contributed by atoms with van der Waals surface area (Å²) in [5, 5.41) is 10.0. The van der Waals surface area contributed by atoms with E-state index in [1.807, 2.05) is 24.3 Å². The van der Waals surface area contributed by atoms with Crippen molar-refractivity contribution in [3.63, 3.8) is 0 Å². The molecule has 1 aromatic heterocycles. The van der Waals surface area contributed by atoms with Crippen molar-refractivity contribution in [2.75, 3.05) is 0 Å². The second-order valence-corrected chi connectivity index (χ2v) is 4.71. The van der Waals surface area contributed by atoms with E-state index in [0.717, 1.165) is 10.9 Å². The van der Waals surface area contributed by atoms with E-state index in [2.05, 4.69) is 9.72 Å². The molecule has 0 amide bonds. The number of fused-ring (bicyclic) bond motifs is 1. The topological polar surface area (TPSA) is 96.5 Å². The van der Waals surface area contributed by atoms with Crippen molar-refractivity contribution in [2.45, 2.75) is 12.3 Å². The Balaban J connectivity index is 2.12. The fraction of sp³-hybridized carbons (Fsp3) is 0.214. The van der Waals surface area contributed by atoms with Gasteiger partial charge in [0.1, 0.15) is 0 Å². The van der Waals surface area contributed by atoms with Gasteiger partial charge in [-0.3, -0.25) is 14.4 Å². The van der Waals surface area contributed by atoms with Gasteiger partial charge in [0, 0.05) is 23.0 Å². The number of esters is 2. The summed E-state index contributed by atoms with van der Waals surface area (Å²) in [5.74, 6) is -5.03. The zero-order valence-electron chi connectivity index (χ0n) is 10.3. The molecule has 1 saturated heterocycles. The SMILES string of the molecule is O=C1CC(c2c[nH]c3ccccc23)C(C(=O)O)C(=O)O1. The number of H-pyrrole nitrogens is 1. The number of hydrogen-bond acceptors (Lipinski definition) is 4. The first kappa shape index (κ1) is 12.4. The van der Waals surface area contributed by atoms with E-state index in [-0.39, 0.29) is 6.42 Å². The molecule has 1 aliphatic rings. The molecule has 0 radical (unpaired) electrons.